The summed E-state index contributed by atoms with van der Waals surface area (Å²) >= 11 is 0. The van der Waals surface area contributed by atoms with E-state index in [-0.39, 0.29) is 0 Å². The van der Waals surface area contributed by atoms with E-state index in [4.69, 9.17) is 15.2 Å². The predicted molar refractivity (Wildman–Crippen MR) is 74.4 cm³/mol. The minimum Gasteiger partial charge on any atom is -0.494 e. The Balaban J connectivity index is 2.63. The number of hydrogen-bond donors (Lipinski definition) is 1. The molecule has 1 aromatic carbocycles. The van der Waals surface area contributed by atoms with Crippen LogP contribution in [0.15, 0.2) is 23.1 Å². The molecule has 0 saturated heterocycles. The van der Waals surface area contributed by atoms with Crippen LogP contribution in [0.1, 0.15) is 20.3 Å². The van der Waals surface area contributed by atoms with E-state index in [9.17, 15) is 4.21 Å². The van der Waals surface area contributed by atoms with Gasteiger partial charge >= 0.3 is 0 Å². The first-order valence-corrected chi connectivity index (χ1v) is 7.49. The molecule has 1 aromatic rings. The Bertz CT molecular complexity index is 396. The van der Waals surface area contributed by atoms with Crippen molar-refractivity contribution in [3.63, 3.8) is 0 Å². The van der Waals surface area contributed by atoms with E-state index in [0.717, 1.165) is 6.42 Å². The molecule has 1 unspecified atom stereocenters. The third kappa shape index (κ3) is 4.66. The van der Waals surface area contributed by atoms with Crippen LogP contribution in [0.25, 0.3) is 0 Å². The molecule has 1 atom stereocenters. The van der Waals surface area contributed by atoms with Crippen molar-refractivity contribution in [2.75, 3.05) is 31.3 Å². The van der Waals surface area contributed by atoms with Crippen molar-refractivity contribution in [3.05, 3.63) is 18.2 Å². The maximum atomic E-state index is 12.1. The third-order valence-electron chi connectivity index (χ3n) is 2.30. The summed E-state index contributed by atoms with van der Waals surface area (Å²) in [7, 11) is -1.14. The van der Waals surface area contributed by atoms with Gasteiger partial charge in [-0.2, -0.15) is 0 Å². The van der Waals surface area contributed by atoms with Crippen LogP contribution in [0, 0.1) is 0 Å². The summed E-state index contributed by atoms with van der Waals surface area (Å²) in [5, 5.41) is 0. The van der Waals surface area contributed by atoms with Gasteiger partial charge in [0.15, 0.2) is 0 Å². The molecule has 0 aliphatic carbocycles. The molecule has 0 aliphatic rings. The maximum absolute atomic E-state index is 12.1. The average molecular weight is 271 g/mol. The zero-order valence-electron chi connectivity index (χ0n) is 11.0. The van der Waals surface area contributed by atoms with Gasteiger partial charge in [-0.25, -0.2) is 0 Å². The summed E-state index contributed by atoms with van der Waals surface area (Å²) in [5.41, 5.74) is 6.36. The van der Waals surface area contributed by atoms with Gasteiger partial charge in [-0.05, 0) is 31.5 Å². The van der Waals surface area contributed by atoms with Crippen molar-refractivity contribution in [1.82, 2.24) is 0 Å². The lowest BCUT2D eigenvalue weighted by Crippen LogP contribution is -2.09. The van der Waals surface area contributed by atoms with Crippen molar-refractivity contribution < 1.29 is 13.7 Å². The molecular formula is C13H21NO3S. The first-order valence-electron chi connectivity index (χ1n) is 6.17. The molecule has 0 bridgehead atoms. The summed E-state index contributed by atoms with van der Waals surface area (Å²) < 4.78 is 22.8. The van der Waals surface area contributed by atoms with E-state index in [1.807, 2.05) is 13.8 Å². The molecule has 0 amide bonds. The van der Waals surface area contributed by atoms with Gasteiger partial charge in [-0.3, -0.25) is 4.21 Å². The second-order valence-corrected chi connectivity index (χ2v) is 5.33. The summed E-state index contributed by atoms with van der Waals surface area (Å²) in [6.45, 7) is 5.71. The molecule has 4 nitrogen and oxygen atoms in total. The second kappa shape index (κ2) is 8.11. The van der Waals surface area contributed by atoms with Crippen molar-refractivity contribution in [3.8, 4) is 5.75 Å². The van der Waals surface area contributed by atoms with Gasteiger partial charge in [0, 0.05) is 12.3 Å². The van der Waals surface area contributed by atoms with E-state index in [0.29, 0.717) is 41.9 Å². The minimum atomic E-state index is -1.14. The molecule has 0 spiro atoms. The molecule has 18 heavy (non-hydrogen) atoms. The fourth-order valence-corrected chi connectivity index (χ4v) is 2.53. The molecule has 2 N–H and O–H groups in total. The van der Waals surface area contributed by atoms with Crippen LogP contribution < -0.4 is 10.5 Å². The fraction of sp³-hybridized carbons (Fsp3) is 0.538. The van der Waals surface area contributed by atoms with Gasteiger partial charge in [0.2, 0.25) is 0 Å². The number of hydrogen-bond acceptors (Lipinski definition) is 4. The van der Waals surface area contributed by atoms with Crippen LogP contribution in [0.4, 0.5) is 5.69 Å². The summed E-state index contributed by atoms with van der Waals surface area (Å²) in [4.78, 5) is 0.626. The molecule has 0 fully saturated rings. The van der Waals surface area contributed by atoms with E-state index < -0.39 is 10.8 Å². The highest BCUT2D eigenvalue weighted by Gasteiger charge is 2.09. The molecule has 0 radical (unpaired) electrons. The van der Waals surface area contributed by atoms with Crippen LogP contribution >= 0.6 is 0 Å². The van der Waals surface area contributed by atoms with Crippen LogP contribution in [0.2, 0.25) is 0 Å². The largest absolute Gasteiger partial charge is 0.494 e. The van der Waals surface area contributed by atoms with Crippen molar-refractivity contribution in [2.24, 2.45) is 0 Å². The first kappa shape index (κ1) is 15.0. The molecule has 0 aromatic heterocycles. The van der Waals surface area contributed by atoms with Gasteiger partial charge in [-0.15, -0.1) is 0 Å². The number of ether oxygens (including phenoxy) is 2. The van der Waals surface area contributed by atoms with Crippen LogP contribution in [-0.2, 0) is 15.5 Å². The molecule has 0 saturated carbocycles. The molecule has 102 valence electrons. The Morgan fingerprint density at radius 3 is 2.72 bits per heavy atom. The lowest BCUT2D eigenvalue weighted by atomic mass is 10.3. The van der Waals surface area contributed by atoms with Gasteiger partial charge in [0.05, 0.1) is 34.7 Å². The summed E-state index contributed by atoms with van der Waals surface area (Å²) in [6.07, 6.45) is 0.967. The highest BCUT2D eigenvalue weighted by atomic mass is 32.2. The zero-order chi connectivity index (χ0) is 13.4. The number of benzene rings is 1. The molecular weight excluding hydrogens is 250 g/mol. The zero-order valence-corrected chi connectivity index (χ0v) is 11.8. The first-order chi connectivity index (χ1) is 8.69. The molecule has 0 heterocycles. The SMILES string of the molecule is CCCOCCS(=O)c1cc(OCC)ccc1N. The summed E-state index contributed by atoms with van der Waals surface area (Å²) in [5.74, 6) is 1.16. The second-order valence-electron chi connectivity index (χ2n) is 3.79. The number of nitrogen functional groups attached to an aromatic ring is 1. The number of rotatable bonds is 8. The monoisotopic (exact) mass is 271 g/mol. The highest BCUT2D eigenvalue weighted by molar-refractivity contribution is 7.85. The molecule has 5 heteroatoms. The molecule has 0 aliphatic heterocycles. The Kier molecular flexibility index (Phi) is 6.75. The van der Waals surface area contributed by atoms with E-state index in [2.05, 4.69) is 0 Å². The minimum absolute atomic E-state index is 0.458. The third-order valence-corrected chi connectivity index (χ3v) is 3.68. The number of anilines is 1. The van der Waals surface area contributed by atoms with Gasteiger partial charge in [0.1, 0.15) is 5.75 Å². The Labute approximate surface area is 111 Å². The van der Waals surface area contributed by atoms with E-state index in [1.54, 1.807) is 18.2 Å². The van der Waals surface area contributed by atoms with Gasteiger partial charge in [0.25, 0.3) is 0 Å². The predicted octanol–water partition coefficient (Wildman–Crippen LogP) is 2.20. The van der Waals surface area contributed by atoms with E-state index >= 15 is 0 Å². The highest BCUT2D eigenvalue weighted by Crippen LogP contribution is 2.23. The molecule has 1 rings (SSSR count). The lowest BCUT2D eigenvalue weighted by Gasteiger charge is -2.09. The average Bonchev–Trinajstić information content (AvgIpc) is 2.37. The lowest BCUT2D eigenvalue weighted by molar-refractivity contribution is 0.150. The standard InChI is InChI=1S/C13H21NO3S/c1-3-7-16-8-9-18(15)13-10-11(17-4-2)5-6-12(13)14/h5-6,10H,3-4,7-9,14H2,1-2H3. The Morgan fingerprint density at radius 2 is 2.06 bits per heavy atom. The van der Waals surface area contributed by atoms with E-state index in [1.165, 1.54) is 0 Å². The normalized spacial score (nSPS) is 12.3. The fourth-order valence-electron chi connectivity index (χ4n) is 1.46. The Hall–Kier alpha value is -1.07. The van der Waals surface area contributed by atoms with Crippen LogP contribution in [-0.4, -0.2) is 29.8 Å². The number of nitrogens with two attached hydrogens (primary N) is 1. The topological polar surface area (TPSA) is 61.5 Å². The maximum Gasteiger partial charge on any atom is 0.120 e. The Morgan fingerprint density at radius 1 is 1.28 bits per heavy atom. The van der Waals surface area contributed by atoms with Crippen molar-refractivity contribution in [1.29, 1.82) is 0 Å². The van der Waals surface area contributed by atoms with Gasteiger partial charge < -0.3 is 15.2 Å². The van der Waals surface area contributed by atoms with Crippen LogP contribution in [0.3, 0.4) is 0 Å². The summed E-state index contributed by atoms with van der Waals surface area (Å²) in [6, 6.07) is 5.26. The smallest absolute Gasteiger partial charge is 0.120 e. The van der Waals surface area contributed by atoms with Gasteiger partial charge in [-0.1, -0.05) is 6.92 Å². The van der Waals surface area contributed by atoms with Crippen molar-refractivity contribution >= 4 is 16.5 Å². The van der Waals surface area contributed by atoms with Crippen LogP contribution in [0.5, 0.6) is 5.75 Å². The van der Waals surface area contributed by atoms with Crippen molar-refractivity contribution in [2.45, 2.75) is 25.2 Å². The quantitative estimate of drug-likeness (QED) is 0.581.